The van der Waals surface area contributed by atoms with Gasteiger partial charge in [-0.3, -0.25) is 0 Å². The van der Waals surface area contributed by atoms with Crippen molar-refractivity contribution >= 4 is 43.9 Å². The Balaban J connectivity index is 1.03. The van der Waals surface area contributed by atoms with Crippen molar-refractivity contribution < 1.29 is 8.83 Å². The van der Waals surface area contributed by atoms with E-state index in [1.54, 1.807) is 0 Å². The fourth-order valence-corrected chi connectivity index (χ4v) is 8.81. The van der Waals surface area contributed by atoms with Gasteiger partial charge < -0.3 is 8.83 Å². The minimum absolute atomic E-state index is 0.574. The van der Waals surface area contributed by atoms with Crippen LogP contribution in [0.5, 0.6) is 0 Å². The molecule has 3 aromatic heterocycles. The molecule has 0 saturated heterocycles. The third-order valence-corrected chi connectivity index (χ3v) is 11.8. The molecule has 3 heterocycles. The van der Waals surface area contributed by atoms with Crippen LogP contribution >= 0.6 is 0 Å². The summed E-state index contributed by atoms with van der Waals surface area (Å²) >= 11 is 0. The van der Waals surface area contributed by atoms with E-state index in [1.165, 1.54) is 0 Å². The van der Waals surface area contributed by atoms with Gasteiger partial charge in [0.15, 0.2) is 17.5 Å². The average molecular weight is 794 g/mol. The lowest BCUT2D eigenvalue weighted by Gasteiger charge is -2.11. The Morgan fingerprint density at radius 2 is 0.597 bits per heavy atom. The molecular formula is C57H35N3O2. The molecule has 12 aromatic rings. The minimum atomic E-state index is 0.574. The van der Waals surface area contributed by atoms with E-state index in [4.69, 9.17) is 23.8 Å². The van der Waals surface area contributed by atoms with E-state index >= 15 is 0 Å². The van der Waals surface area contributed by atoms with Gasteiger partial charge in [-0.05, 0) is 81.9 Å². The van der Waals surface area contributed by atoms with Crippen LogP contribution in [0.2, 0.25) is 0 Å². The second-order valence-corrected chi connectivity index (χ2v) is 15.5. The Kier molecular flexibility index (Phi) is 8.42. The second kappa shape index (κ2) is 14.7. The van der Waals surface area contributed by atoms with Crippen molar-refractivity contribution in [2.45, 2.75) is 0 Å². The predicted molar refractivity (Wildman–Crippen MR) is 252 cm³/mol. The van der Waals surface area contributed by atoms with E-state index in [0.717, 1.165) is 105 Å². The van der Waals surface area contributed by atoms with E-state index in [9.17, 15) is 0 Å². The molecule has 0 unspecified atom stereocenters. The third-order valence-electron chi connectivity index (χ3n) is 11.8. The highest BCUT2D eigenvalue weighted by Crippen LogP contribution is 2.45. The largest absolute Gasteiger partial charge is 0.455 e. The lowest BCUT2D eigenvalue weighted by molar-refractivity contribution is 0.670. The van der Waals surface area contributed by atoms with Crippen LogP contribution in [0.1, 0.15) is 0 Å². The van der Waals surface area contributed by atoms with E-state index < -0.39 is 0 Å². The SMILES string of the molecule is c1ccc(-c2nc(-c3ccc4oc5c(-c6ccccc6)c(-c6ccccc6)ccc5c4c3)nc(-c3ccc4oc5c(-c6ccccc6)c(-c6ccccc6)ccc5c4c3)n2)cc1. The van der Waals surface area contributed by atoms with Gasteiger partial charge >= 0.3 is 0 Å². The maximum absolute atomic E-state index is 6.75. The van der Waals surface area contributed by atoms with Crippen LogP contribution in [-0.2, 0) is 0 Å². The van der Waals surface area contributed by atoms with Crippen molar-refractivity contribution in [3.63, 3.8) is 0 Å². The normalized spacial score (nSPS) is 11.5. The number of aromatic nitrogens is 3. The maximum atomic E-state index is 6.75. The van der Waals surface area contributed by atoms with Crippen molar-refractivity contribution in [2.24, 2.45) is 0 Å². The Labute approximate surface area is 357 Å². The first kappa shape index (κ1) is 35.5. The molecule has 9 aromatic carbocycles. The van der Waals surface area contributed by atoms with Crippen LogP contribution in [0.4, 0.5) is 0 Å². The van der Waals surface area contributed by atoms with Crippen LogP contribution in [-0.4, -0.2) is 15.0 Å². The van der Waals surface area contributed by atoms with E-state index in [2.05, 4.69) is 133 Å². The molecule has 0 atom stereocenters. The summed E-state index contributed by atoms with van der Waals surface area (Å²) in [5.41, 5.74) is 14.8. The van der Waals surface area contributed by atoms with Crippen LogP contribution in [0.15, 0.2) is 221 Å². The summed E-state index contributed by atoms with van der Waals surface area (Å²) < 4.78 is 13.5. The zero-order chi connectivity index (χ0) is 41.0. The molecule has 0 amide bonds. The van der Waals surface area contributed by atoms with Gasteiger partial charge in [-0.15, -0.1) is 0 Å². The molecule has 0 bridgehead atoms. The number of hydrogen-bond donors (Lipinski definition) is 0. The molecule has 0 N–H and O–H groups in total. The molecule has 0 fully saturated rings. The van der Waals surface area contributed by atoms with E-state index in [0.29, 0.717) is 17.5 Å². The van der Waals surface area contributed by atoms with Crippen molar-refractivity contribution in [3.05, 3.63) is 212 Å². The summed E-state index contributed by atoms with van der Waals surface area (Å²) in [6, 6.07) is 73.2. The third kappa shape index (κ3) is 6.06. The molecule has 0 spiro atoms. The lowest BCUT2D eigenvalue weighted by Crippen LogP contribution is -2.00. The van der Waals surface area contributed by atoms with Crippen LogP contribution in [0.3, 0.4) is 0 Å². The number of rotatable bonds is 7. The molecule has 0 aliphatic carbocycles. The molecule has 0 aliphatic heterocycles. The first-order chi connectivity index (χ1) is 30.7. The number of hydrogen-bond acceptors (Lipinski definition) is 5. The van der Waals surface area contributed by atoms with Gasteiger partial charge in [0.25, 0.3) is 0 Å². The second-order valence-electron chi connectivity index (χ2n) is 15.5. The average Bonchev–Trinajstić information content (AvgIpc) is 3.92. The number of benzene rings is 9. The highest BCUT2D eigenvalue weighted by molar-refractivity contribution is 6.15. The summed E-state index contributed by atoms with van der Waals surface area (Å²) in [5.74, 6) is 1.74. The predicted octanol–water partition coefficient (Wildman–Crippen LogP) is 15.3. The first-order valence-electron chi connectivity index (χ1n) is 20.8. The molecule has 62 heavy (non-hydrogen) atoms. The molecule has 5 heteroatoms. The van der Waals surface area contributed by atoms with Gasteiger partial charge in [0, 0.05) is 49.4 Å². The fraction of sp³-hybridized carbons (Fsp3) is 0. The molecule has 290 valence electrons. The smallest absolute Gasteiger partial charge is 0.164 e. The highest BCUT2D eigenvalue weighted by Gasteiger charge is 2.21. The number of furan rings is 2. The summed E-state index contributed by atoms with van der Waals surface area (Å²) in [7, 11) is 0. The fourth-order valence-electron chi connectivity index (χ4n) is 8.81. The van der Waals surface area contributed by atoms with E-state index in [-0.39, 0.29) is 0 Å². The maximum Gasteiger partial charge on any atom is 0.164 e. The molecule has 0 radical (unpaired) electrons. The highest BCUT2D eigenvalue weighted by atomic mass is 16.3. The number of nitrogens with zero attached hydrogens (tertiary/aromatic N) is 3. The standard InChI is InChI=1S/C57H35N3O2/c1-6-16-36(17-7-1)43-28-30-45-47-34-41(26-32-49(47)61-53(45)51(43)38-20-10-3-11-21-38)56-58-55(40-24-14-5-15-25-40)59-57(60-56)42-27-33-50-48(35-42)46-31-29-44(37-18-8-2-9-19-37)52(54(46)62-50)39-22-12-4-13-23-39/h1-35H. The minimum Gasteiger partial charge on any atom is -0.455 e. The topological polar surface area (TPSA) is 65.0 Å². The summed E-state index contributed by atoms with van der Waals surface area (Å²) in [4.78, 5) is 15.4. The van der Waals surface area contributed by atoms with Crippen molar-refractivity contribution in [1.29, 1.82) is 0 Å². The molecular weight excluding hydrogens is 759 g/mol. The summed E-state index contributed by atoms with van der Waals surface area (Å²) in [6.07, 6.45) is 0. The monoisotopic (exact) mass is 793 g/mol. The first-order valence-corrected chi connectivity index (χ1v) is 20.8. The Morgan fingerprint density at radius 3 is 0.984 bits per heavy atom. The van der Waals surface area contributed by atoms with Crippen LogP contribution < -0.4 is 0 Å². The van der Waals surface area contributed by atoms with Gasteiger partial charge in [0.1, 0.15) is 22.3 Å². The number of fused-ring (bicyclic) bond motifs is 6. The van der Waals surface area contributed by atoms with Gasteiger partial charge in [-0.25, -0.2) is 15.0 Å². The zero-order valence-corrected chi connectivity index (χ0v) is 33.4. The van der Waals surface area contributed by atoms with Gasteiger partial charge in [-0.2, -0.15) is 0 Å². The summed E-state index contributed by atoms with van der Waals surface area (Å²) in [6.45, 7) is 0. The van der Waals surface area contributed by atoms with Crippen LogP contribution in [0.25, 0.3) is 123 Å². The molecule has 5 nitrogen and oxygen atoms in total. The van der Waals surface area contributed by atoms with Crippen molar-refractivity contribution in [1.82, 2.24) is 15.0 Å². The Morgan fingerprint density at radius 1 is 0.258 bits per heavy atom. The van der Waals surface area contributed by atoms with Crippen molar-refractivity contribution in [3.8, 4) is 78.7 Å². The van der Waals surface area contributed by atoms with Crippen molar-refractivity contribution in [2.75, 3.05) is 0 Å². The quantitative estimate of drug-likeness (QED) is 0.161. The molecule has 0 aliphatic rings. The Hall–Kier alpha value is -8.41. The Bertz CT molecular complexity index is 3380. The molecule has 12 rings (SSSR count). The molecule has 0 saturated carbocycles. The summed E-state index contributed by atoms with van der Waals surface area (Å²) in [5, 5.41) is 4.04. The lowest BCUT2D eigenvalue weighted by atomic mass is 9.92. The van der Waals surface area contributed by atoms with Gasteiger partial charge in [0.05, 0.1) is 0 Å². The zero-order valence-electron chi connectivity index (χ0n) is 33.4. The van der Waals surface area contributed by atoms with E-state index in [1.807, 2.05) is 78.9 Å². The van der Waals surface area contributed by atoms with Gasteiger partial charge in [-0.1, -0.05) is 164 Å². The van der Waals surface area contributed by atoms with Crippen LogP contribution in [0, 0.1) is 0 Å². The van der Waals surface area contributed by atoms with Gasteiger partial charge in [0.2, 0.25) is 0 Å².